The van der Waals surface area contributed by atoms with Gasteiger partial charge >= 0.3 is 6.18 Å². The van der Waals surface area contributed by atoms with Gasteiger partial charge in [0, 0.05) is 6.54 Å². The molecule has 0 spiro atoms. The van der Waals surface area contributed by atoms with E-state index in [1.165, 1.54) is 12.1 Å². The molecule has 0 aliphatic heterocycles. The number of pyridine rings is 1. The Labute approximate surface area is 140 Å². The Morgan fingerprint density at radius 3 is 2.61 bits per heavy atom. The molecule has 0 fully saturated rings. The molecule has 0 aliphatic rings. The summed E-state index contributed by atoms with van der Waals surface area (Å²) in [5, 5.41) is 2.62. The van der Waals surface area contributed by atoms with Gasteiger partial charge in [-0.1, -0.05) is 12.1 Å². The summed E-state index contributed by atoms with van der Waals surface area (Å²) in [6.45, 7) is 3.51. The molecule has 122 valence electrons. The molecule has 0 bridgehead atoms. The van der Waals surface area contributed by atoms with Crippen LogP contribution in [-0.2, 0) is 12.7 Å². The average Bonchev–Trinajstić information content (AvgIpc) is 2.48. The minimum atomic E-state index is -4.40. The van der Waals surface area contributed by atoms with E-state index in [1.807, 2.05) is 0 Å². The molecule has 2 rings (SSSR count). The maximum atomic E-state index is 12.7. The zero-order chi connectivity index (χ0) is 17.2. The van der Waals surface area contributed by atoms with E-state index in [1.54, 1.807) is 19.9 Å². The van der Waals surface area contributed by atoms with Gasteiger partial charge < -0.3 is 5.32 Å². The van der Waals surface area contributed by atoms with Crippen molar-refractivity contribution in [1.82, 2.24) is 10.3 Å². The van der Waals surface area contributed by atoms with Gasteiger partial charge in [0.1, 0.15) is 4.60 Å². The summed E-state index contributed by atoms with van der Waals surface area (Å²) in [6, 6.07) is 6.57. The summed E-state index contributed by atoms with van der Waals surface area (Å²) in [7, 11) is 0. The Morgan fingerprint density at radius 2 is 1.96 bits per heavy atom. The van der Waals surface area contributed by atoms with E-state index < -0.39 is 11.7 Å². The highest BCUT2D eigenvalue weighted by Crippen LogP contribution is 2.29. The third kappa shape index (κ3) is 4.31. The SMILES string of the molecule is Cc1cc(C(=O)NCc2cccc(C(F)(F)F)c2)c(C)nc1Br. The largest absolute Gasteiger partial charge is 0.416 e. The van der Waals surface area contributed by atoms with Crippen molar-refractivity contribution in [2.45, 2.75) is 26.6 Å². The molecule has 1 heterocycles. The van der Waals surface area contributed by atoms with Gasteiger partial charge in [0.2, 0.25) is 0 Å². The molecular formula is C16H14BrF3N2O. The molecule has 0 saturated heterocycles. The topological polar surface area (TPSA) is 42.0 Å². The van der Waals surface area contributed by atoms with Crippen molar-refractivity contribution in [3.8, 4) is 0 Å². The van der Waals surface area contributed by atoms with Crippen molar-refractivity contribution < 1.29 is 18.0 Å². The molecule has 0 unspecified atom stereocenters. The number of aryl methyl sites for hydroxylation is 2. The lowest BCUT2D eigenvalue weighted by Gasteiger charge is -2.11. The summed E-state index contributed by atoms with van der Waals surface area (Å²) in [5.74, 6) is -0.372. The second-order valence-corrected chi connectivity index (χ2v) is 5.86. The van der Waals surface area contributed by atoms with E-state index >= 15 is 0 Å². The lowest BCUT2D eigenvalue weighted by Crippen LogP contribution is -2.24. The number of halogens is 4. The molecule has 1 N–H and O–H groups in total. The number of alkyl halides is 3. The van der Waals surface area contributed by atoms with Crippen LogP contribution >= 0.6 is 15.9 Å². The number of hydrogen-bond acceptors (Lipinski definition) is 2. The van der Waals surface area contributed by atoms with Crippen molar-refractivity contribution in [1.29, 1.82) is 0 Å². The van der Waals surface area contributed by atoms with E-state index in [-0.39, 0.29) is 12.5 Å². The van der Waals surface area contributed by atoms with Crippen molar-refractivity contribution in [3.05, 3.63) is 62.9 Å². The number of amides is 1. The highest BCUT2D eigenvalue weighted by Gasteiger charge is 2.30. The first-order valence-corrected chi connectivity index (χ1v) is 7.56. The summed E-state index contributed by atoms with van der Waals surface area (Å²) >= 11 is 3.28. The summed E-state index contributed by atoms with van der Waals surface area (Å²) < 4.78 is 38.7. The summed E-state index contributed by atoms with van der Waals surface area (Å²) in [4.78, 5) is 16.4. The van der Waals surface area contributed by atoms with E-state index in [0.29, 0.717) is 21.4 Å². The second-order valence-electron chi connectivity index (χ2n) is 5.11. The van der Waals surface area contributed by atoms with Crippen LogP contribution in [0, 0.1) is 13.8 Å². The zero-order valence-electron chi connectivity index (χ0n) is 12.5. The molecule has 23 heavy (non-hydrogen) atoms. The molecule has 0 radical (unpaired) electrons. The molecule has 0 atom stereocenters. The lowest BCUT2D eigenvalue weighted by atomic mass is 10.1. The predicted molar refractivity (Wildman–Crippen MR) is 84.0 cm³/mol. The van der Waals surface area contributed by atoms with Crippen LogP contribution < -0.4 is 5.32 Å². The number of carbonyl (C=O) groups excluding carboxylic acids is 1. The van der Waals surface area contributed by atoms with E-state index in [0.717, 1.165) is 17.7 Å². The van der Waals surface area contributed by atoms with Gasteiger partial charge in [-0.3, -0.25) is 4.79 Å². The first kappa shape index (κ1) is 17.5. The molecule has 1 aromatic carbocycles. The normalized spacial score (nSPS) is 11.4. The number of hydrogen-bond donors (Lipinski definition) is 1. The summed E-state index contributed by atoms with van der Waals surface area (Å²) in [5.41, 5.74) is 1.40. The number of carbonyl (C=O) groups is 1. The number of nitrogens with one attached hydrogen (secondary N) is 1. The third-order valence-electron chi connectivity index (χ3n) is 3.29. The van der Waals surface area contributed by atoms with Gasteiger partial charge in [0.05, 0.1) is 16.8 Å². The van der Waals surface area contributed by atoms with E-state index in [9.17, 15) is 18.0 Å². The second kappa shape index (κ2) is 6.70. The van der Waals surface area contributed by atoms with Gasteiger partial charge in [0.15, 0.2) is 0 Å². The molecule has 2 aromatic rings. The van der Waals surface area contributed by atoms with Gasteiger partial charge in [-0.25, -0.2) is 4.98 Å². The van der Waals surface area contributed by atoms with Crippen LogP contribution in [0.3, 0.4) is 0 Å². The molecule has 0 saturated carbocycles. The number of nitrogens with zero attached hydrogens (tertiary/aromatic N) is 1. The first-order valence-electron chi connectivity index (χ1n) is 6.76. The average molecular weight is 387 g/mol. The fraction of sp³-hybridized carbons (Fsp3) is 0.250. The minimum absolute atomic E-state index is 0.0112. The van der Waals surface area contributed by atoms with E-state index in [2.05, 4.69) is 26.2 Å². The highest BCUT2D eigenvalue weighted by atomic mass is 79.9. The Kier molecular flexibility index (Phi) is 5.09. The van der Waals surface area contributed by atoms with Gasteiger partial charge in [-0.15, -0.1) is 0 Å². The highest BCUT2D eigenvalue weighted by molar-refractivity contribution is 9.10. The monoisotopic (exact) mass is 386 g/mol. The predicted octanol–water partition coefficient (Wildman–Crippen LogP) is 4.41. The van der Waals surface area contributed by atoms with Gasteiger partial charge in [-0.2, -0.15) is 13.2 Å². The van der Waals surface area contributed by atoms with Crippen molar-refractivity contribution in [2.75, 3.05) is 0 Å². The Hall–Kier alpha value is -1.89. The standard InChI is InChI=1S/C16H14BrF3N2O/c1-9-6-13(10(2)22-14(9)17)15(23)21-8-11-4-3-5-12(7-11)16(18,19)20/h3-7H,8H2,1-2H3,(H,21,23). The Bertz CT molecular complexity index is 745. The van der Waals surface area contributed by atoms with Crippen LogP contribution in [-0.4, -0.2) is 10.9 Å². The van der Waals surface area contributed by atoms with Crippen LogP contribution in [0.25, 0.3) is 0 Å². The Balaban J connectivity index is 2.12. The van der Waals surface area contributed by atoms with Crippen LogP contribution in [0.1, 0.15) is 32.7 Å². The van der Waals surface area contributed by atoms with Crippen LogP contribution in [0.5, 0.6) is 0 Å². The fourth-order valence-electron chi connectivity index (χ4n) is 2.04. The molecule has 1 aromatic heterocycles. The van der Waals surface area contributed by atoms with Crippen molar-refractivity contribution >= 4 is 21.8 Å². The summed E-state index contributed by atoms with van der Waals surface area (Å²) in [6.07, 6.45) is -4.40. The minimum Gasteiger partial charge on any atom is -0.348 e. The lowest BCUT2D eigenvalue weighted by molar-refractivity contribution is -0.137. The van der Waals surface area contributed by atoms with Crippen molar-refractivity contribution in [3.63, 3.8) is 0 Å². The zero-order valence-corrected chi connectivity index (χ0v) is 14.0. The molecule has 0 aliphatic carbocycles. The maximum Gasteiger partial charge on any atom is 0.416 e. The first-order chi connectivity index (χ1) is 10.7. The molecular weight excluding hydrogens is 373 g/mol. The molecule has 1 amide bonds. The third-order valence-corrected chi connectivity index (χ3v) is 4.10. The molecule has 3 nitrogen and oxygen atoms in total. The fourth-order valence-corrected chi connectivity index (χ4v) is 2.42. The Morgan fingerprint density at radius 1 is 1.26 bits per heavy atom. The smallest absolute Gasteiger partial charge is 0.348 e. The van der Waals surface area contributed by atoms with Crippen LogP contribution in [0.2, 0.25) is 0 Å². The van der Waals surface area contributed by atoms with Crippen LogP contribution in [0.4, 0.5) is 13.2 Å². The number of rotatable bonds is 3. The maximum absolute atomic E-state index is 12.7. The van der Waals surface area contributed by atoms with Gasteiger partial charge in [0.25, 0.3) is 5.91 Å². The van der Waals surface area contributed by atoms with E-state index in [4.69, 9.17) is 0 Å². The number of aromatic nitrogens is 1. The van der Waals surface area contributed by atoms with Crippen LogP contribution in [0.15, 0.2) is 34.9 Å². The van der Waals surface area contributed by atoms with Crippen molar-refractivity contribution in [2.24, 2.45) is 0 Å². The molecule has 7 heteroatoms. The number of benzene rings is 1. The quantitative estimate of drug-likeness (QED) is 0.793. The van der Waals surface area contributed by atoms with Gasteiger partial charge in [-0.05, 0) is 59.1 Å².